The first-order chi connectivity index (χ1) is 9.07. The second-order valence-electron chi connectivity index (χ2n) is 5.98. The van der Waals surface area contributed by atoms with Crippen molar-refractivity contribution in [2.75, 3.05) is 27.2 Å². The highest BCUT2D eigenvalue weighted by atomic mass is 16.1. The third-order valence-electron chi connectivity index (χ3n) is 4.98. The Balaban J connectivity index is 2.43. The predicted octanol–water partition coefficient (Wildman–Crippen LogP) is 1.74. The minimum Gasteiger partial charge on any atom is -0.359 e. The van der Waals surface area contributed by atoms with Crippen LogP contribution < -0.4 is 11.1 Å². The summed E-state index contributed by atoms with van der Waals surface area (Å²) >= 11 is 0. The summed E-state index contributed by atoms with van der Waals surface area (Å²) < 4.78 is 0. The molecule has 0 radical (unpaired) electrons. The second kappa shape index (κ2) is 7.85. The molecule has 112 valence electrons. The van der Waals surface area contributed by atoms with Crippen LogP contribution in [0.15, 0.2) is 0 Å². The van der Waals surface area contributed by atoms with Crippen LogP contribution in [0, 0.1) is 5.92 Å². The van der Waals surface area contributed by atoms with Crippen molar-refractivity contribution >= 4 is 5.91 Å². The zero-order valence-electron chi connectivity index (χ0n) is 12.9. The smallest absolute Gasteiger partial charge is 0.219 e. The summed E-state index contributed by atoms with van der Waals surface area (Å²) in [4.78, 5) is 13.7. The van der Waals surface area contributed by atoms with Crippen molar-refractivity contribution in [1.82, 2.24) is 10.2 Å². The van der Waals surface area contributed by atoms with Gasteiger partial charge in [0, 0.05) is 25.6 Å². The number of hydrogen-bond acceptors (Lipinski definition) is 3. The maximum atomic E-state index is 11.2. The molecule has 3 N–H and O–H groups in total. The van der Waals surface area contributed by atoms with Crippen molar-refractivity contribution < 1.29 is 4.79 Å². The van der Waals surface area contributed by atoms with Gasteiger partial charge in [0.2, 0.25) is 5.91 Å². The van der Waals surface area contributed by atoms with Gasteiger partial charge in [-0.25, -0.2) is 0 Å². The molecular weight excluding hydrogens is 238 g/mol. The van der Waals surface area contributed by atoms with E-state index in [1.165, 1.54) is 32.1 Å². The Bertz CT molecular complexity index is 273. The van der Waals surface area contributed by atoms with E-state index >= 15 is 0 Å². The standard InChI is InChI=1S/C15H31N3O/c1-4-13-7-9-15(12-16,10-8-13)18(3)11-5-6-14(19)17-2/h13H,4-12,16H2,1-3H3,(H,17,19). The van der Waals surface area contributed by atoms with E-state index in [4.69, 9.17) is 5.73 Å². The second-order valence-corrected chi connectivity index (χ2v) is 5.98. The largest absolute Gasteiger partial charge is 0.359 e. The van der Waals surface area contributed by atoms with Gasteiger partial charge in [-0.15, -0.1) is 0 Å². The topological polar surface area (TPSA) is 58.4 Å². The number of nitrogens with two attached hydrogens (primary N) is 1. The Hall–Kier alpha value is -0.610. The Morgan fingerprint density at radius 3 is 2.53 bits per heavy atom. The molecule has 1 amide bonds. The van der Waals surface area contributed by atoms with Crippen LogP contribution in [0.4, 0.5) is 0 Å². The number of hydrogen-bond donors (Lipinski definition) is 2. The van der Waals surface area contributed by atoms with E-state index in [0.717, 1.165) is 25.4 Å². The number of rotatable bonds is 7. The van der Waals surface area contributed by atoms with Crippen molar-refractivity contribution in [1.29, 1.82) is 0 Å². The van der Waals surface area contributed by atoms with Crippen LogP contribution in [-0.2, 0) is 4.79 Å². The minimum atomic E-state index is 0.130. The monoisotopic (exact) mass is 269 g/mol. The number of amides is 1. The molecule has 0 aromatic carbocycles. The third-order valence-corrected chi connectivity index (χ3v) is 4.98. The Morgan fingerprint density at radius 1 is 1.42 bits per heavy atom. The lowest BCUT2D eigenvalue weighted by Gasteiger charge is -2.46. The molecule has 0 bridgehead atoms. The highest BCUT2D eigenvalue weighted by Gasteiger charge is 2.36. The summed E-state index contributed by atoms with van der Waals surface area (Å²) in [5, 5.41) is 2.67. The van der Waals surface area contributed by atoms with Gasteiger partial charge in [0.05, 0.1) is 0 Å². The fraction of sp³-hybridized carbons (Fsp3) is 0.933. The van der Waals surface area contributed by atoms with E-state index in [-0.39, 0.29) is 11.4 Å². The number of nitrogens with zero attached hydrogens (tertiary/aromatic N) is 1. The van der Waals surface area contributed by atoms with Gasteiger partial charge < -0.3 is 11.1 Å². The van der Waals surface area contributed by atoms with Crippen molar-refractivity contribution in [3.8, 4) is 0 Å². The van der Waals surface area contributed by atoms with Crippen LogP contribution >= 0.6 is 0 Å². The van der Waals surface area contributed by atoms with E-state index in [2.05, 4.69) is 24.2 Å². The average Bonchev–Trinajstić information content (AvgIpc) is 2.46. The minimum absolute atomic E-state index is 0.130. The molecule has 0 unspecified atom stereocenters. The van der Waals surface area contributed by atoms with Crippen LogP contribution in [0.25, 0.3) is 0 Å². The predicted molar refractivity (Wildman–Crippen MR) is 80.0 cm³/mol. The molecule has 1 fully saturated rings. The van der Waals surface area contributed by atoms with Crippen LogP contribution in [0.2, 0.25) is 0 Å². The van der Waals surface area contributed by atoms with Crippen LogP contribution in [0.1, 0.15) is 51.9 Å². The van der Waals surface area contributed by atoms with Crippen molar-refractivity contribution in [2.45, 2.75) is 57.4 Å². The van der Waals surface area contributed by atoms with Gasteiger partial charge in [-0.05, 0) is 51.6 Å². The summed E-state index contributed by atoms with van der Waals surface area (Å²) in [5.41, 5.74) is 6.24. The highest BCUT2D eigenvalue weighted by Crippen LogP contribution is 2.36. The van der Waals surface area contributed by atoms with E-state index in [0.29, 0.717) is 6.42 Å². The Labute approximate surface area is 118 Å². The third kappa shape index (κ3) is 4.46. The highest BCUT2D eigenvalue weighted by molar-refractivity contribution is 5.75. The summed E-state index contributed by atoms with van der Waals surface area (Å²) in [6.07, 6.45) is 7.83. The van der Waals surface area contributed by atoms with E-state index in [1.807, 2.05) is 0 Å². The number of likely N-dealkylation sites (N-methyl/N-ethyl adjacent to an activating group) is 1. The maximum Gasteiger partial charge on any atom is 0.219 e. The van der Waals surface area contributed by atoms with Gasteiger partial charge in [-0.1, -0.05) is 13.3 Å². The average molecular weight is 269 g/mol. The first-order valence-corrected chi connectivity index (χ1v) is 7.70. The molecule has 0 spiro atoms. The molecule has 1 rings (SSSR count). The summed E-state index contributed by atoms with van der Waals surface area (Å²) in [7, 11) is 3.86. The summed E-state index contributed by atoms with van der Waals surface area (Å²) in [5.74, 6) is 1.02. The molecule has 0 aromatic rings. The fourth-order valence-corrected chi connectivity index (χ4v) is 3.20. The number of carbonyl (C=O) groups is 1. The lowest BCUT2D eigenvalue weighted by Crippen LogP contribution is -2.54. The molecule has 0 aromatic heterocycles. The summed E-state index contributed by atoms with van der Waals surface area (Å²) in [6.45, 7) is 3.98. The summed E-state index contributed by atoms with van der Waals surface area (Å²) in [6, 6.07) is 0. The van der Waals surface area contributed by atoms with E-state index in [9.17, 15) is 4.79 Å². The van der Waals surface area contributed by atoms with E-state index in [1.54, 1.807) is 7.05 Å². The van der Waals surface area contributed by atoms with Crippen molar-refractivity contribution in [3.63, 3.8) is 0 Å². The lowest BCUT2D eigenvalue weighted by molar-refractivity contribution is -0.120. The molecule has 4 heteroatoms. The zero-order chi connectivity index (χ0) is 14.3. The molecule has 4 nitrogen and oxygen atoms in total. The van der Waals surface area contributed by atoms with Crippen LogP contribution in [0.3, 0.4) is 0 Å². The van der Waals surface area contributed by atoms with Gasteiger partial charge in [-0.2, -0.15) is 0 Å². The van der Waals surface area contributed by atoms with Gasteiger partial charge in [-0.3, -0.25) is 9.69 Å². The Kier molecular flexibility index (Phi) is 6.80. The lowest BCUT2D eigenvalue weighted by atomic mass is 9.74. The first-order valence-electron chi connectivity index (χ1n) is 7.70. The van der Waals surface area contributed by atoms with E-state index < -0.39 is 0 Å². The Morgan fingerprint density at radius 2 is 2.05 bits per heavy atom. The van der Waals surface area contributed by atoms with Gasteiger partial charge in [0.25, 0.3) is 0 Å². The van der Waals surface area contributed by atoms with Gasteiger partial charge in [0.15, 0.2) is 0 Å². The zero-order valence-corrected chi connectivity index (χ0v) is 12.9. The number of carbonyl (C=O) groups excluding carboxylic acids is 1. The molecular formula is C15H31N3O. The fourth-order valence-electron chi connectivity index (χ4n) is 3.20. The normalized spacial score (nSPS) is 27.5. The SMILES string of the molecule is CCC1CCC(CN)(N(C)CCCC(=O)NC)CC1. The van der Waals surface area contributed by atoms with Crippen LogP contribution in [0.5, 0.6) is 0 Å². The molecule has 0 atom stereocenters. The van der Waals surface area contributed by atoms with Crippen molar-refractivity contribution in [2.24, 2.45) is 11.7 Å². The van der Waals surface area contributed by atoms with Crippen molar-refractivity contribution in [3.05, 3.63) is 0 Å². The number of nitrogens with one attached hydrogen (secondary N) is 1. The molecule has 1 aliphatic rings. The maximum absolute atomic E-state index is 11.2. The molecule has 0 heterocycles. The molecule has 1 saturated carbocycles. The van der Waals surface area contributed by atoms with Gasteiger partial charge in [0.1, 0.15) is 0 Å². The quantitative estimate of drug-likeness (QED) is 0.740. The molecule has 19 heavy (non-hydrogen) atoms. The molecule has 0 aliphatic heterocycles. The molecule has 1 aliphatic carbocycles. The van der Waals surface area contributed by atoms with Crippen LogP contribution in [-0.4, -0.2) is 43.5 Å². The molecule has 0 saturated heterocycles. The first kappa shape index (κ1) is 16.4. The van der Waals surface area contributed by atoms with Gasteiger partial charge >= 0.3 is 0 Å².